The van der Waals surface area contributed by atoms with Gasteiger partial charge in [-0.1, -0.05) is 6.07 Å². The van der Waals surface area contributed by atoms with Crippen molar-refractivity contribution in [3.63, 3.8) is 0 Å². The molecule has 0 heterocycles. The predicted molar refractivity (Wildman–Crippen MR) is 77.7 cm³/mol. The summed E-state index contributed by atoms with van der Waals surface area (Å²) in [5, 5.41) is 22.3. The Balaban J connectivity index is 2.33. The van der Waals surface area contributed by atoms with Crippen molar-refractivity contribution < 1.29 is 14.5 Å². The lowest BCUT2D eigenvalue weighted by molar-refractivity contribution is -0.384. The van der Waals surface area contributed by atoms with E-state index in [-0.39, 0.29) is 22.9 Å². The number of amides is 1. The highest BCUT2D eigenvalue weighted by Crippen LogP contribution is 2.28. The third kappa shape index (κ3) is 3.19. The lowest BCUT2D eigenvalue weighted by Gasteiger charge is -2.08. The van der Waals surface area contributed by atoms with E-state index in [1.807, 2.05) is 6.07 Å². The molecule has 7 heteroatoms. The van der Waals surface area contributed by atoms with E-state index < -0.39 is 4.92 Å². The first-order chi connectivity index (χ1) is 10.5. The van der Waals surface area contributed by atoms with Gasteiger partial charge in [0, 0.05) is 24.7 Å². The standard InChI is InChI=1S/C15H11N3O4/c1-17-15(19)10-3-2-4-13(8-10)22-14-6-5-12(18(20)21)7-11(14)9-16/h2-8H,1H3,(H,17,19). The molecular weight excluding hydrogens is 286 g/mol. The Morgan fingerprint density at radius 2 is 2.09 bits per heavy atom. The zero-order valence-electron chi connectivity index (χ0n) is 11.6. The van der Waals surface area contributed by atoms with E-state index in [0.717, 1.165) is 6.07 Å². The molecule has 1 N–H and O–H groups in total. The molecule has 0 saturated heterocycles. The molecule has 0 unspecified atom stereocenters. The Morgan fingerprint density at radius 3 is 2.73 bits per heavy atom. The summed E-state index contributed by atoms with van der Waals surface area (Å²) < 4.78 is 5.55. The summed E-state index contributed by atoms with van der Waals surface area (Å²) in [5.41, 5.74) is 0.253. The van der Waals surface area contributed by atoms with Gasteiger partial charge in [0.2, 0.25) is 0 Å². The van der Waals surface area contributed by atoms with Gasteiger partial charge in [-0.25, -0.2) is 0 Å². The van der Waals surface area contributed by atoms with Gasteiger partial charge in [0.05, 0.1) is 4.92 Å². The minimum Gasteiger partial charge on any atom is -0.456 e. The molecule has 7 nitrogen and oxygen atoms in total. The van der Waals surface area contributed by atoms with Gasteiger partial charge in [0.1, 0.15) is 23.1 Å². The zero-order chi connectivity index (χ0) is 16.1. The molecule has 0 bridgehead atoms. The molecule has 0 radical (unpaired) electrons. The molecule has 110 valence electrons. The number of carbonyl (C=O) groups excluding carboxylic acids is 1. The van der Waals surface area contributed by atoms with E-state index in [9.17, 15) is 14.9 Å². The summed E-state index contributed by atoms with van der Waals surface area (Å²) in [5.74, 6) is 0.267. The normalized spacial score (nSPS) is 9.64. The Labute approximate surface area is 125 Å². The van der Waals surface area contributed by atoms with Gasteiger partial charge in [0.25, 0.3) is 11.6 Å². The molecule has 0 spiro atoms. The molecule has 2 aromatic carbocycles. The van der Waals surface area contributed by atoms with Gasteiger partial charge < -0.3 is 10.1 Å². The van der Waals surface area contributed by atoms with Crippen molar-refractivity contribution in [2.75, 3.05) is 7.05 Å². The predicted octanol–water partition coefficient (Wildman–Crippen LogP) is 2.62. The van der Waals surface area contributed by atoms with Gasteiger partial charge in [0.15, 0.2) is 0 Å². The minimum atomic E-state index is -0.586. The first kappa shape index (κ1) is 15.0. The third-order valence-electron chi connectivity index (χ3n) is 2.85. The average Bonchev–Trinajstić information content (AvgIpc) is 2.54. The number of ether oxygens (including phenoxy) is 1. The van der Waals surface area contributed by atoms with Crippen molar-refractivity contribution in [1.82, 2.24) is 5.32 Å². The Bertz CT molecular complexity index is 781. The monoisotopic (exact) mass is 297 g/mol. The molecule has 22 heavy (non-hydrogen) atoms. The number of hydrogen-bond acceptors (Lipinski definition) is 5. The van der Waals surface area contributed by atoms with Crippen LogP contribution in [0.1, 0.15) is 15.9 Å². The molecule has 2 rings (SSSR count). The Morgan fingerprint density at radius 1 is 1.32 bits per heavy atom. The number of carbonyl (C=O) groups is 1. The Hall–Kier alpha value is -3.40. The molecule has 0 aliphatic heterocycles. The van der Waals surface area contributed by atoms with Gasteiger partial charge in [-0.15, -0.1) is 0 Å². The van der Waals surface area contributed by atoms with Crippen LogP contribution in [0.4, 0.5) is 5.69 Å². The number of nitro groups is 1. The van der Waals surface area contributed by atoms with Crippen LogP contribution in [0.3, 0.4) is 0 Å². The summed E-state index contributed by atoms with van der Waals surface area (Å²) >= 11 is 0. The van der Waals surface area contributed by atoms with Gasteiger partial charge in [-0.3, -0.25) is 14.9 Å². The number of nitrogens with one attached hydrogen (secondary N) is 1. The lowest BCUT2D eigenvalue weighted by Crippen LogP contribution is -2.17. The number of nitrogens with zero attached hydrogens (tertiary/aromatic N) is 2. The van der Waals surface area contributed by atoms with Crippen molar-refractivity contribution >= 4 is 11.6 Å². The van der Waals surface area contributed by atoms with Crippen LogP contribution in [-0.4, -0.2) is 17.9 Å². The topological polar surface area (TPSA) is 105 Å². The molecule has 0 aromatic heterocycles. The number of nitro benzene ring substituents is 1. The average molecular weight is 297 g/mol. The van der Waals surface area contributed by atoms with Crippen molar-refractivity contribution in [1.29, 1.82) is 5.26 Å². The minimum absolute atomic E-state index is 0.0412. The van der Waals surface area contributed by atoms with E-state index in [2.05, 4.69) is 5.32 Å². The van der Waals surface area contributed by atoms with Crippen LogP contribution in [0.15, 0.2) is 42.5 Å². The fourth-order valence-corrected chi connectivity index (χ4v) is 1.78. The lowest BCUT2D eigenvalue weighted by atomic mass is 10.2. The number of nitriles is 1. The second-order valence-corrected chi connectivity index (χ2v) is 4.26. The molecule has 0 atom stereocenters. The molecule has 0 aliphatic carbocycles. The number of hydrogen-bond donors (Lipinski definition) is 1. The summed E-state index contributed by atoms with van der Waals surface area (Å²) in [6.45, 7) is 0. The van der Waals surface area contributed by atoms with Gasteiger partial charge in [-0.2, -0.15) is 5.26 Å². The summed E-state index contributed by atoms with van der Waals surface area (Å²) in [6.07, 6.45) is 0. The third-order valence-corrected chi connectivity index (χ3v) is 2.85. The smallest absolute Gasteiger partial charge is 0.271 e. The molecule has 1 amide bonds. The van der Waals surface area contributed by atoms with Crippen molar-refractivity contribution in [3.05, 3.63) is 63.7 Å². The summed E-state index contributed by atoms with van der Waals surface area (Å²) in [4.78, 5) is 21.7. The maximum atomic E-state index is 11.6. The van der Waals surface area contributed by atoms with E-state index in [4.69, 9.17) is 10.00 Å². The van der Waals surface area contributed by atoms with E-state index in [1.165, 1.54) is 25.2 Å². The maximum absolute atomic E-state index is 11.6. The molecule has 2 aromatic rings. The van der Waals surface area contributed by atoms with Crippen LogP contribution >= 0.6 is 0 Å². The van der Waals surface area contributed by atoms with Crippen LogP contribution in [0.5, 0.6) is 11.5 Å². The van der Waals surface area contributed by atoms with Crippen LogP contribution < -0.4 is 10.1 Å². The zero-order valence-corrected chi connectivity index (χ0v) is 11.6. The fraction of sp³-hybridized carbons (Fsp3) is 0.0667. The van der Waals surface area contributed by atoms with Crippen molar-refractivity contribution in [2.24, 2.45) is 0 Å². The van der Waals surface area contributed by atoms with Crippen molar-refractivity contribution in [3.8, 4) is 17.6 Å². The highest BCUT2D eigenvalue weighted by Gasteiger charge is 2.13. The van der Waals surface area contributed by atoms with Gasteiger partial charge in [-0.05, 0) is 24.3 Å². The second-order valence-electron chi connectivity index (χ2n) is 4.26. The van der Waals surface area contributed by atoms with Crippen LogP contribution in [0, 0.1) is 21.4 Å². The number of rotatable bonds is 4. The first-order valence-corrected chi connectivity index (χ1v) is 6.23. The summed E-state index contributed by atoms with van der Waals surface area (Å²) in [6, 6.07) is 12.0. The van der Waals surface area contributed by atoms with E-state index >= 15 is 0 Å². The highest BCUT2D eigenvalue weighted by molar-refractivity contribution is 5.94. The van der Waals surface area contributed by atoms with Crippen LogP contribution in [-0.2, 0) is 0 Å². The molecule has 0 aliphatic rings. The van der Waals surface area contributed by atoms with Crippen LogP contribution in [0.2, 0.25) is 0 Å². The Kier molecular flexibility index (Phi) is 4.34. The van der Waals surface area contributed by atoms with E-state index in [0.29, 0.717) is 11.3 Å². The van der Waals surface area contributed by atoms with E-state index in [1.54, 1.807) is 18.2 Å². The van der Waals surface area contributed by atoms with Crippen LogP contribution in [0.25, 0.3) is 0 Å². The second kappa shape index (κ2) is 6.37. The van der Waals surface area contributed by atoms with Gasteiger partial charge >= 0.3 is 0 Å². The largest absolute Gasteiger partial charge is 0.456 e. The molecule has 0 fully saturated rings. The summed E-state index contributed by atoms with van der Waals surface area (Å²) in [7, 11) is 1.51. The fourth-order valence-electron chi connectivity index (χ4n) is 1.78. The number of non-ortho nitro benzene ring substituents is 1. The van der Waals surface area contributed by atoms with Crippen molar-refractivity contribution in [2.45, 2.75) is 0 Å². The first-order valence-electron chi connectivity index (χ1n) is 6.23. The maximum Gasteiger partial charge on any atom is 0.271 e. The molecule has 0 saturated carbocycles. The quantitative estimate of drug-likeness (QED) is 0.689. The SMILES string of the molecule is CNC(=O)c1cccc(Oc2ccc([N+](=O)[O-])cc2C#N)c1. The molecular formula is C15H11N3O4. The number of benzene rings is 2. The highest BCUT2D eigenvalue weighted by atomic mass is 16.6.